The molecule has 1 rings (SSSR count). The van der Waals surface area contributed by atoms with E-state index in [-0.39, 0.29) is 5.91 Å². The lowest BCUT2D eigenvalue weighted by Gasteiger charge is -2.19. The lowest BCUT2D eigenvalue weighted by atomic mass is 10.2. The van der Waals surface area contributed by atoms with Gasteiger partial charge in [0.25, 0.3) is 0 Å². The zero-order valence-corrected chi connectivity index (χ0v) is 13.9. The number of aryl methyl sites for hydroxylation is 1. The number of alkyl halides is 1. The van der Waals surface area contributed by atoms with Crippen LogP contribution in [0.4, 0.5) is 0 Å². The normalized spacial score (nSPS) is 11.0. The smallest absolute Gasteiger partial charge is 0.234 e. The number of unbranched alkanes of at least 4 members (excludes halogenated alkanes) is 1. The van der Waals surface area contributed by atoms with Gasteiger partial charge in [0.05, 0.1) is 23.1 Å². The topological polar surface area (TPSA) is 45.2 Å². The van der Waals surface area contributed by atoms with Gasteiger partial charge >= 0.3 is 0 Å². The fourth-order valence-corrected chi connectivity index (χ4v) is 3.01. The van der Waals surface area contributed by atoms with Crippen LogP contribution in [0.3, 0.4) is 0 Å². The van der Waals surface area contributed by atoms with Gasteiger partial charge in [-0.3, -0.25) is 9.69 Å². The molecular formula is C14H24ClN3OS. The van der Waals surface area contributed by atoms with Crippen molar-refractivity contribution in [3.63, 3.8) is 0 Å². The van der Waals surface area contributed by atoms with E-state index in [1.54, 1.807) is 11.3 Å². The number of carbonyl (C=O) groups is 1. The highest BCUT2D eigenvalue weighted by Crippen LogP contribution is 2.14. The Labute approximate surface area is 130 Å². The molecule has 1 aromatic heterocycles. The van der Waals surface area contributed by atoms with Crippen LogP contribution in [0.2, 0.25) is 0 Å². The van der Waals surface area contributed by atoms with Crippen LogP contribution in [0.25, 0.3) is 0 Å². The van der Waals surface area contributed by atoms with Crippen molar-refractivity contribution in [2.75, 3.05) is 26.2 Å². The van der Waals surface area contributed by atoms with Crippen LogP contribution in [0.1, 0.15) is 37.4 Å². The van der Waals surface area contributed by atoms with E-state index in [0.717, 1.165) is 43.1 Å². The summed E-state index contributed by atoms with van der Waals surface area (Å²) in [5.74, 6) is 0.605. The molecule has 20 heavy (non-hydrogen) atoms. The van der Waals surface area contributed by atoms with Crippen LogP contribution in [0.5, 0.6) is 0 Å². The van der Waals surface area contributed by atoms with Crippen molar-refractivity contribution in [3.05, 3.63) is 16.1 Å². The molecular weight excluding hydrogens is 294 g/mol. The number of rotatable bonds is 10. The molecule has 1 amide bonds. The van der Waals surface area contributed by atoms with Crippen molar-refractivity contribution in [1.29, 1.82) is 0 Å². The Morgan fingerprint density at radius 1 is 1.45 bits per heavy atom. The average molecular weight is 318 g/mol. The third-order valence-electron chi connectivity index (χ3n) is 3.04. The number of hydrogen-bond donors (Lipinski definition) is 1. The van der Waals surface area contributed by atoms with E-state index in [2.05, 4.69) is 22.1 Å². The van der Waals surface area contributed by atoms with Crippen LogP contribution < -0.4 is 5.32 Å². The molecule has 0 aliphatic carbocycles. The highest BCUT2D eigenvalue weighted by Gasteiger charge is 2.08. The molecule has 0 aliphatic rings. The van der Waals surface area contributed by atoms with Gasteiger partial charge in [-0.1, -0.05) is 6.92 Å². The molecule has 0 fully saturated rings. The predicted molar refractivity (Wildman–Crippen MR) is 85.4 cm³/mol. The predicted octanol–water partition coefficient (Wildman–Crippen LogP) is 2.66. The molecule has 1 heterocycles. The number of halogens is 1. The van der Waals surface area contributed by atoms with Gasteiger partial charge in [0.2, 0.25) is 5.91 Å². The Balaban J connectivity index is 2.19. The average Bonchev–Trinajstić information content (AvgIpc) is 2.90. The summed E-state index contributed by atoms with van der Waals surface area (Å²) in [4.78, 5) is 18.2. The zero-order valence-electron chi connectivity index (χ0n) is 12.3. The van der Waals surface area contributed by atoms with E-state index in [1.807, 2.05) is 12.3 Å². The summed E-state index contributed by atoms with van der Waals surface area (Å²) in [6, 6.07) is 0. The van der Waals surface area contributed by atoms with Crippen LogP contribution in [0.15, 0.2) is 5.38 Å². The molecule has 6 heteroatoms. The second-order valence-electron chi connectivity index (χ2n) is 4.65. The minimum Gasteiger partial charge on any atom is -0.355 e. The Kier molecular flexibility index (Phi) is 8.82. The summed E-state index contributed by atoms with van der Waals surface area (Å²) in [5, 5.41) is 6.02. The Morgan fingerprint density at radius 3 is 2.85 bits per heavy atom. The van der Waals surface area contributed by atoms with Gasteiger partial charge in [0.1, 0.15) is 0 Å². The first-order valence-corrected chi connectivity index (χ1v) is 8.59. The number of aromatic nitrogens is 1. The van der Waals surface area contributed by atoms with Gasteiger partial charge in [0.15, 0.2) is 0 Å². The molecule has 0 radical (unpaired) electrons. The first-order chi connectivity index (χ1) is 9.69. The maximum Gasteiger partial charge on any atom is 0.234 e. The lowest BCUT2D eigenvalue weighted by molar-refractivity contribution is -0.122. The zero-order chi connectivity index (χ0) is 14.8. The first-order valence-electron chi connectivity index (χ1n) is 7.17. The van der Waals surface area contributed by atoms with E-state index in [4.69, 9.17) is 11.6 Å². The van der Waals surface area contributed by atoms with E-state index < -0.39 is 0 Å². The maximum absolute atomic E-state index is 11.5. The fraction of sp³-hybridized carbons (Fsp3) is 0.714. The Bertz CT molecular complexity index is 398. The third kappa shape index (κ3) is 6.68. The molecule has 0 aliphatic heterocycles. The second kappa shape index (κ2) is 10.1. The minimum absolute atomic E-state index is 0.112. The van der Waals surface area contributed by atoms with Crippen molar-refractivity contribution in [3.8, 4) is 0 Å². The summed E-state index contributed by atoms with van der Waals surface area (Å²) in [6.45, 7) is 7.09. The molecule has 1 N–H and O–H groups in total. The van der Waals surface area contributed by atoms with Crippen molar-refractivity contribution < 1.29 is 4.79 Å². The molecule has 1 aromatic rings. The molecule has 0 saturated heterocycles. The number of amides is 1. The summed E-state index contributed by atoms with van der Waals surface area (Å²) < 4.78 is 0. The van der Waals surface area contributed by atoms with Crippen molar-refractivity contribution in [2.24, 2.45) is 0 Å². The highest BCUT2D eigenvalue weighted by atomic mass is 35.5. The molecule has 114 valence electrons. The van der Waals surface area contributed by atoms with E-state index in [1.165, 1.54) is 0 Å². The van der Waals surface area contributed by atoms with Gasteiger partial charge in [-0.15, -0.1) is 22.9 Å². The summed E-state index contributed by atoms with van der Waals surface area (Å²) in [6.07, 6.45) is 3.18. The van der Waals surface area contributed by atoms with Crippen LogP contribution in [-0.2, 0) is 17.1 Å². The van der Waals surface area contributed by atoms with E-state index >= 15 is 0 Å². The number of nitrogens with one attached hydrogen (secondary N) is 1. The van der Waals surface area contributed by atoms with Crippen LogP contribution in [0, 0.1) is 0 Å². The first kappa shape index (κ1) is 17.4. The number of carbonyl (C=O) groups excluding carboxylic acids is 1. The van der Waals surface area contributed by atoms with Gasteiger partial charge in [0, 0.05) is 11.9 Å². The summed E-state index contributed by atoms with van der Waals surface area (Å²) in [5.41, 5.74) is 0.970. The maximum atomic E-state index is 11.5. The largest absolute Gasteiger partial charge is 0.355 e. The molecule has 0 bridgehead atoms. The Hall–Kier alpha value is -0.650. The quantitative estimate of drug-likeness (QED) is 0.533. The molecule has 4 nitrogen and oxygen atoms in total. The highest BCUT2D eigenvalue weighted by molar-refractivity contribution is 7.09. The van der Waals surface area contributed by atoms with Gasteiger partial charge in [-0.05, 0) is 39.3 Å². The molecule has 0 aromatic carbocycles. The number of thiazole rings is 1. The van der Waals surface area contributed by atoms with Crippen LogP contribution >= 0.6 is 22.9 Å². The van der Waals surface area contributed by atoms with Crippen molar-refractivity contribution in [2.45, 2.75) is 39.0 Å². The number of likely N-dealkylation sites (N-methyl/N-ethyl adjacent to an activating group) is 2. The lowest BCUT2D eigenvalue weighted by Crippen LogP contribution is -2.37. The monoisotopic (exact) mass is 317 g/mol. The molecule has 0 unspecified atom stereocenters. The van der Waals surface area contributed by atoms with Gasteiger partial charge < -0.3 is 5.32 Å². The van der Waals surface area contributed by atoms with Crippen LogP contribution in [-0.4, -0.2) is 42.0 Å². The fourth-order valence-electron chi connectivity index (χ4n) is 1.94. The third-order valence-corrected chi connectivity index (χ3v) is 4.27. The summed E-state index contributed by atoms with van der Waals surface area (Å²) in [7, 11) is 0. The summed E-state index contributed by atoms with van der Waals surface area (Å²) >= 11 is 7.42. The van der Waals surface area contributed by atoms with E-state index in [9.17, 15) is 4.79 Å². The standard InChI is InChI=1S/C14H24ClN3OS/c1-3-16-13(19)10-18(4-2)8-6-5-7-14-17-12(9-15)11-20-14/h11H,3-10H2,1-2H3,(H,16,19). The molecule has 0 saturated carbocycles. The Morgan fingerprint density at radius 2 is 2.25 bits per heavy atom. The van der Waals surface area contributed by atoms with E-state index in [0.29, 0.717) is 19.0 Å². The molecule has 0 atom stereocenters. The van der Waals surface area contributed by atoms with Crippen molar-refractivity contribution >= 4 is 28.8 Å². The van der Waals surface area contributed by atoms with Gasteiger partial charge in [-0.2, -0.15) is 0 Å². The molecule has 0 spiro atoms. The van der Waals surface area contributed by atoms with Gasteiger partial charge in [-0.25, -0.2) is 4.98 Å². The van der Waals surface area contributed by atoms with Crippen molar-refractivity contribution in [1.82, 2.24) is 15.2 Å². The number of hydrogen-bond acceptors (Lipinski definition) is 4. The SMILES string of the molecule is CCNC(=O)CN(CC)CCCCc1nc(CCl)cs1. The number of nitrogens with zero attached hydrogens (tertiary/aromatic N) is 2. The second-order valence-corrected chi connectivity index (χ2v) is 5.86. The minimum atomic E-state index is 0.112.